The molecule has 3 fully saturated rings. The van der Waals surface area contributed by atoms with Crippen molar-refractivity contribution in [1.82, 2.24) is 14.9 Å². The highest BCUT2D eigenvalue weighted by molar-refractivity contribution is 5.77. The van der Waals surface area contributed by atoms with E-state index < -0.39 is 12.1 Å². The minimum atomic E-state index is -5.08. The van der Waals surface area contributed by atoms with Gasteiger partial charge in [0.15, 0.2) is 0 Å². The maximum absolute atomic E-state index is 12.0. The molecule has 1 amide bonds. The van der Waals surface area contributed by atoms with Crippen LogP contribution in [0.1, 0.15) is 19.3 Å². The molecule has 4 heterocycles. The van der Waals surface area contributed by atoms with Crippen LogP contribution in [-0.2, 0) is 14.3 Å². The number of hydrogen-bond acceptors (Lipinski definition) is 6. The van der Waals surface area contributed by atoms with E-state index in [0.29, 0.717) is 12.3 Å². The van der Waals surface area contributed by atoms with Crippen molar-refractivity contribution in [2.75, 3.05) is 31.1 Å². The largest absolute Gasteiger partial charge is 0.490 e. The predicted molar refractivity (Wildman–Crippen MR) is 90.5 cm³/mol. The summed E-state index contributed by atoms with van der Waals surface area (Å²) in [4.78, 5) is 33.6. The summed E-state index contributed by atoms with van der Waals surface area (Å²) in [7, 11) is 0. The van der Waals surface area contributed by atoms with Crippen LogP contribution >= 0.6 is 0 Å². The van der Waals surface area contributed by atoms with Crippen LogP contribution in [0.3, 0.4) is 0 Å². The summed E-state index contributed by atoms with van der Waals surface area (Å²) in [6, 6.07) is 1.83. The number of carbonyl (C=O) groups is 2. The summed E-state index contributed by atoms with van der Waals surface area (Å²) in [5.74, 6) is -1.21. The molecule has 3 aliphatic rings. The van der Waals surface area contributed by atoms with E-state index in [4.69, 9.17) is 14.6 Å². The Kier molecular flexibility index (Phi) is 6.01. The van der Waals surface area contributed by atoms with Gasteiger partial charge in [-0.05, 0) is 18.9 Å². The molecule has 0 aliphatic carbocycles. The van der Waals surface area contributed by atoms with Crippen molar-refractivity contribution >= 4 is 17.8 Å². The number of rotatable bonds is 3. The van der Waals surface area contributed by atoms with Crippen LogP contribution in [0.2, 0.25) is 0 Å². The zero-order chi connectivity index (χ0) is 20.3. The molecule has 28 heavy (non-hydrogen) atoms. The second-order valence-electron chi connectivity index (χ2n) is 6.99. The zero-order valence-electron chi connectivity index (χ0n) is 15.0. The second kappa shape index (κ2) is 8.29. The van der Waals surface area contributed by atoms with Gasteiger partial charge in [0.05, 0.1) is 18.6 Å². The summed E-state index contributed by atoms with van der Waals surface area (Å²) in [5.41, 5.74) is 0. The Morgan fingerprint density at radius 2 is 1.86 bits per heavy atom. The third kappa shape index (κ3) is 4.89. The summed E-state index contributed by atoms with van der Waals surface area (Å²) in [6.07, 6.45) is 1.46. The molecular weight excluding hydrogens is 381 g/mol. The molecule has 0 bridgehead atoms. The van der Waals surface area contributed by atoms with Gasteiger partial charge in [0.1, 0.15) is 0 Å². The third-order valence-electron chi connectivity index (χ3n) is 5.00. The first-order chi connectivity index (χ1) is 13.2. The number of carbonyl (C=O) groups excluding carboxylic acids is 1. The number of hydrogen-bond donors (Lipinski definition) is 1. The number of aliphatic carboxylic acids is 1. The standard InChI is InChI=1S/C15H20N4O2.C2HF3O2/c20-14(18-5-2-6-18)8-12-7-11-9-19(10-13(11)21-12)15-16-3-1-4-17-15;3-2(4,5)1(6)7/h1,3-4,11-13H,2,5-10H2;(H,6,7)/t11-,12+,13+;/m0./s1. The molecule has 1 aromatic rings. The van der Waals surface area contributed by atoms with Crippen LogP contribution in [0.5, 0.6) is 0 Å². The Bertz CT molecular complexity index is 685. The van der Waals surface area contributed by atoms with E-state index in [1.165, 1.54) is 0 Å². The lowest BCUT2D eigenvalue weighted by atomic mass is 10.0. The van der Waals surface area contributed by atoms with Crippen molar-refractivity contribution in [1.29, 1.82) is 0 Å². The van der Waals surface area contributed by atoms with Crippen LogP contribution in [0.15, 0.2) is 18.5 Å². The number of fused-ring (bicyclic) bond motifs is 1. The van der Waals surface area contributed by atoms with Gasteiger partial charge in [-0.25, -0.2) is 14.8 Å². The molecular formula is C17H21F3N4O4. The van der Waals surface area contributed by atoms with E-state index in [9.17, 15) is 18.0 Å². The summed E-state index contributed by atoms with van der Waals surface area (Å²) in [6.45, 7) is 3.63. The zero-order valence-corrected chi connectivity index (χ0v) is 15.0. The molecule has 1 aromatic heterocycles. The molecule has 0 aromatic carbocycles. The van der Waals surface area contributed by atoms with Crippen molar-refractivity contribution in [3.05, 3.63) is 18.5 Å². The minimum absolute atomic E-state index is 0.104. The molecule has 0 radical (unpaired) electrons. The number of aromatic nitrogens is 2. The predicted octanol–water partition coefficient (Wildman–Crippen LogP) is 1.33. The first kappa shape index (κ1) is 20.3. The lowest BCUT2D eigenvalue weighted by molar-refractivity contribution is -0.192. The molecule has 8 nitrogen and oxygen atoms in total. The number of anilines is 1. The minimum Gasteiger partial charge on any atom is -0.475 e. The van der Waals surface area contributed by atoms with E-state index in [-0.39, 0.29) is 18.1 Å². The van der Waals surface area contributed by atoms with Gasteiger partial charge >= 0.3 is 12.1 Å². The number of ether oxygens (including phenoxy) is 1. The quantitative estimate of drug-likeness (QED) is 0.815. The van der Waals surface area contributed by atoms with Gasteiger partial charge in [0.25, 0.3) is 0 Å². The number of halogens is 3. The monoisotopic (exact) mass is 402 g/mol. The Morgan fingerprint density at radius 1 is 1.21 bits per heavy atom. The summed E-state index contributed by atoms with van der Waals surface area (Å²) in [5, 5.41) is 7.12. The average Bonchev–Trinajstić information content (AvgIpc) is 3.12. The summed E-state index contributed by atoms with van der Waals surface area (Å²) < 4.78 is 37.8. The van der Waals surface area contributed by atoms with Gasteiger partial charge in [0.2, 0.25) is 11.9 Å². The van der Waals surface area contributed by atoms with Gasteiger partial charge in [-0.15, -0.1) is 0 Å². The fraction of sp³-hybridized carbons (Fsp3) is 0.647. The van der Waals surface area contributed by atoms with Gasteiger partial charge in [-0.1, -0.05) is 0 Å². The molecule has 0 spiro atoms. The topological polar surface area (TPSA) is 95.9 Å². The van der Waals surface area contributed by atoms with E-state index in [2.05, 4.69) is 14.9 Å². The van der Waals surface area contributed by atoms with Gasteiger partial charge in [0, 0.05) is 44.5 Å². The summed E-state index contributed by atoms with van der Waals surface area (Å²) >= 11 is 0. The average molecular weight is 402 g/mol. The smallest absolute Gasteiger partial charge is 0.475 e. The lowest BCUT2D eigenvalue weighted by Crippen LogP contribution is -2.43. The Balaban J connectivity index is 0.000000279. The number of amides is 1. The van der Waals surface area contributed by atoms with Gasteiger partial charge in [-0.3, -0.25) is 4.79 Å². The van der Waals surface area contributed by atoms with Crippen LogP contribution in [0.25, 0.3) is 0 Å². The maximum Gasteiger partial charge on any atom is 0.490 e. The fourth-order valence-electron chi connectivity index (χ4n) is 3.50. The molecule has 3 atom stereocenters. The number of likely N-dealkylation sites (tertiary alicyclic amines) is 1. The highest BCUT2D eigenvalue weighted by Gasteiger charge is 2.43. The Labute approximate surface area is 159 Å². The molecule has 3 saturated heterocycles. The molecule has 11 heteroatoms. The van der Waals surface area contributed by atoms with Crippen molar-refractivity contribution < 1.29 is 32.6 Å². The van der Waals surface area contributed by atoms with Crippen molar-refractivity contribution in [3.8, 4) is 0 Å². The van der Waals surface area contributed by atoms with E-state index in [1.54, 1.807) is 12.4 Å². The molecule has 4 rings (SSSR count). The Hall–Kier alpha value is -2.43. The first-order valence-electron chi connectivity index (χ1n) is 8.99. The number of alkyl halides is 3. The number of carboxylic acid groups (broad SMARTS) is 1. The van der Waals surface area contributed by atoms with Crippen LogP contribution in [0.4, 0.5) is 19.1 Å². The van der Waals surface area contributed by atoms with Crippen LogP contribution in [-0.4, -0.2) is 76.4 Å². The SMILES string of the molecule is O=C(C[C@H]1C[C@H]2CN(c3ncccn3)C[C@H]2O1)N1CCC1.O=C(O)C(F)(F)F. The third-order valence-corrected chi connectivity index (χ3v) is 5.00. The molecule has 1 N–H and O–H groups in total. The van der Waals surface area contributed by atoms with Crippen molar-refractivity contribution in [2.24, 2.45) is 5.92 Å². The van der Waals surface area contributed by atoms with Crippen LogP contribution in [0, 0.1) is 5.92 Å². The number of nitrogens with zero attached hydrogens (tertiary/aromatic N) is 4. The van der Waals surface area contributed by atoms with Gasteiger partial charge in [-0.2, -0.15) is 13.2 Å². The van der Waals surface area contributed by atoms with E-state index >= 15 is 0 Å². The first-order valence-corrected chi connectivity index (χ1v) is 8.99. The lowest BCUT2D eigenvalue weighted by Gasteiger charge is -2.31. The Morgan fingerprint density at radius 3 is 2.36 bits per heavy atom. The molecule has 0 unspecified atom stereocenters. The van der Waals surface area contributed by atoms with Gasteiger partial charge < -0.3 is 19.6 Å². The fourth-order valence-corrected chi connectivity index (χ4v) is 3.50. The van der Waals surface area contributed by atoms with Crippen LogP contribution < -0.4 is 4.90 Å². The molecule has 154 valence electrons. The molecule has 3 aliphatic heterocycles. The second-order valence-corrected chi connectivity index (χ2v) is 6.99. The van der Waals surface area contributed by atoms with Crippen molar-refractivity contribution in [2.45, 2.75) is 37.6 Å². The highest BCUT2D eigenvalue weighted by Crippen LogP contribution is 2.35. The number of carboxylic acids is 1. The normalized spacial score (nSPS) is 26.2. The van der Waals surface area contributed by atoms with E-state index in [1.807, 2.05) is 11.0 Å². The maximum atomic E-state index is 12.0. The van der Waals surface area contributed by atoms with Crippen molar-refractivity contribution in [3.63, 3.8) is 0 Å². The molecule has 0 saturated carbocycles. The van der Waals surface area contributed by atoms with E-state index in [0.717, 1.165) is 45.0 Å². The highest BCUT2D eigenvalue weighted by atomic mass is 19.4.